The van der Waals surface area contributed by atoms with Gasteiger partial charge in [0, 0.05) is 23.2 Å². The predicted octanol–water partition coefficient (Wildman–Crippen LogP) is 2.43. The first-order valence-electron chi connectivity index (χ1n) is 7.95. The van der Waals surface area contributed by atoms with E-state index in [1.54, 1.807) is 43.3 Å². The van der Waals surface area contributed by atoms with Gasteiger partial charge in [-0.3, -0.25) is 0 Å². The average molecular weight is 383 g/mol. The fourth-order valence-electron chi connectivity index (χ4n) is 2.41. The summed E-state index contributed by atoms with van der Waals surface area (Å²) >= 11 is 6.28. The number of nitriles is 1. The van der Waals surface area contributed by atoms with Gasteiger partial charge in [0.25, 0.3) is 0 Å². The van der Waals surface area contributed by atoms with Gasteiger partial charge in [-0.25, -0.2) is 4.79 Å². The van der Waals surface area contributed by atoms with Gasteiger partial charge in [0.1, 0.15) is 6.61 Å². The van der Waals surface area contributed by atoms with Gasteiger partial charge >= 0.3 is 5.69 Å². The van der Waals surface area contributed by atoms with Crippen molar-refractivity contribution in [1.82, 2.24) is 19.8 Å². The van der Waals surface area contributed by atoms with Crippen LogP contribution in [0.25, 0.3) is 5.69 Å². The molecule has 0 fully saturated rings. The van der Waals surface area contributed by atoms with E-state index in [0.29, 0.717) is 27.5 Å². The number of hydrogen-bond donors (Lipinski definition) is 0. The molecule has 0 aliphatic carbocycles. The molecule has 136 valence electrons. The van der Waals surface area contributed by atoms with Crippen molar-refractivity contribution in [2.75, 3.05) is 0 Å². The smallest absolute Gasteiger partial charge is 0.368 e. The van der Waals surface area contributed by atoms with Crippen LogP contribution in [0.5, 0.6) is 0 Å². The van der Waals surface area contributed by atoms with Crippen LogP contribution >= 0.6 is 11.6 Å². The maximum Gasteiger partial charge on any atom is 0.368 e. The Morgan fingerprint density at radius 2 is 2.07 bits per heavy atom. The average Bonchev–Trinajstić information content (AvgIpc) is 3.01. The van der Waals surface area contributed by atoms with E-state index in [4.69, 9.17) is 21.7 Å². The molecule has 0 aliphatic rings. The molecule has 9 heteroatoms. The highest BCUT2D eigenvalue weighted by molar-refractivity contribution is 6.31. The summed E-state index contributed by atoms with van der Waals surface area (Å²) in [5.41, 5.74) is 2.56. The molecule has 0 saturated carbocycles. The lowest BCUT2D eigenvalue weighted by Crippen LogP contribution is -2.23. The van der Waals surface area contributed by atoms with E-state index >= 15 is 0 Å². The minimum absolute atomic E-state index is 0.0350. The lowest BCUT2D eigenvalue weighted by atomic mass is 10.1. The molecular formula is C18H15ClN6O2. The number of nitrogens with zero attached hydrogens (tertiary/aromatic N) is 6. The Kier molecular flexibility index (Phi) is 5.33. The van der Waals surface area contributed by atoms with E-state index in [9.17, 15) is 4.79 Å². The Morgan fingerprint density at radius 3 is 2.78 bits per heavy atom. The Hall–Kier alpha value is -3.44. The number of oxime groups is 1. The van der Waals surface area contributed by atoms with Gasteiger partial charge in [-0.15, -0.1) is 0 Å². The highest BCUT2D eigenvalue weighted by Gasteiger charge is 2.14. The fourth-order valence-corrected chi connectivity index (χ4v) is 2.64. The molecule has 3 rings (SSSR count). The second-order valence-corrected chi connectivity index (χ2v) is 6.08. The fraction of sp³-hybridized carbons (Fsp3) is 0.167. The quantitative estimate of drug-likeness (QED) is 0.498. The lowest BCUT2D eigenvalue weighted by Gasteiger charge is -2.09. The van der Waals surface area contributed by atoms with Crippen LogP contribution < -0.4 is 5.69 Å². The van der Waals surface area contributed by atoms with Gasteiger partial charge in [0.05, 0.1) is 23.0 Å². The second kappa shape index (κ2) is 7.85. The van der Waals surface area contributed by atoms with E-state index < -0.39 is 5.69 Å². The minimum atomic E-state index is -0.397. The van der Waals surface area contributed by atoms with Crippen molar-refractivity contribution >= 4 is 17.3 Å². The van der Waals surface area contributed by atoms with Gasteiger partial charge in [0.15, 0.2) is 0 Å². The molecule has 1 heterocycles. The Labute approximate surface area is 159 Å². The van der Waals surface area contributed by atoms with Crippen LogP contribution in [-0.4, -0.2) is 25.5 Å². The largest absolute Gasteiger partial charge is 0.391 e. The van der Waals surface area contributed by atoms with Crippen LogP contribution in [0.2, 0.25) is 5.02 Å². The third-order valence-corrected chi connectivity index (χ3v) is 4.22. The van der Waals surface area contributed by atoms with Crippen molar-refractivity contribution in [1.29, 1.82) is 5.26 Å². The van der Waals surface area contributed by atoms with Crippen molar-refractivity contribution in [3.05, 3.63) is 74.7 Å². The molecule has 0 amide bonds. The van der Waals surface area contributed by atoms with Crippen LogP contribution in [-0.2, 0) is 18.5 Å². The summed E-state index contributed by atoms with van der Waals surface area (Å²) in [6.45, 7) is 1.81. The molecule has 0 radical (unpaired) electrons. The highest BCUT2D eigenvalue weighted by atomic mass is 35.5. The Morgan fingerprint density at radius 1 is 1.30 bits per heavy atom. The number of hydrogen-bond acceptors (Lipinski definition) is 6. The summed E-state index contributed by atoms with van der Waals surface area (Å²) < 4.78 is 2.27. The second-order valence-electron chi connectivity index (χ2n) is 5.68. The zero-order valence-corrected chi connectivity index (χ0v) is 15.4. The monoisotopic (exact) mass is 382 g/mol. The zero-order chi connectivity index (χ0) is 19.4. The molecule has 0 unspecified atom stereocenters. The minimum Gasteiger partial charge on any atom is -0.391 e. The van der Waals surface area contributed by atoms with Gasteiger partial charge < -0.3 is 4.84 Å². The summed E-state index contributed by atoms with van der Waals surface area (Å²) in [4.78, 5) is 17.6. The predicted molar refractivity (Wildman–Crippen MR) is 99.8 cm³/mol. The third-order valence-electron chi connectivity index (χ3n) is 3.86. The summed E-state index contributed by atoms with van der Waals surface area (Å²) in [5.74, 6) is 0. The first kappa shape index (κ1) is 18.4. The van der Waals surface area contributed by atoms with E-state index in [0.717, 1.165) is 14.9 Å². The van der Waals surface area contributed by atoms with E-state index in [1.165, 1.54) is 7.05 Å². The molecule has 1 aromatic heterocycles. The molecular weight excluding hydrogens is 368 g/mol. The Bertz CT molecular complexity index is 1110. The molecule has 27 heavy (non-hydrogen) atoms. The van der Waals surface area contributed by atoms with Gasteiger partial charge in [-0.05, 0) is 41.6 Å². The number of tetrazole rings is 1. The molecule has 0 N–H and O–H groups in total. The lowest BCUT2D eigenvalue weighted by molar-refractivity contribution is 0.130. The van der Waals surface area contributed by atoms with Crippen LogP contribution in [0.4, 0.5) is 0 Å². The normalized spacial score (nSPS) is 11.3. The molecule has 0 bridgehead atoms. The Balaban J connectivity index is 1.85. The highest BCUT2D eigenvalue weighted by Crippen LogP contribution is 2.23. The third kappa shape index (κ3) is 3.88. The summed E-state index contributed by atoms with van der Waals surface area (Å²) in [7, 11) is 1.51. The molecule has 0 saturated heterocycles. The molecule has 0 aliphatic heterocycles. The van der Waals surface area contributed by atoms with Gasteiger partial charge in [-0.1, -0.05) is 35.0 Å². The van der Waals surface area contributed by atoms with E-state index in [2.05, 4.69) is 21.7 Å². The number of aromatic nitrogens is 4. The zero-order valence-electron chi connectivity index (χ0n) is 14.6. The van der Waals surface area contributed by atoms with Crippen LogP contribution in [0.15, 0.2) is 52.4 Å². The van der Waals surface area contributed by atoms with Crippen molar-refractivity contribution in [3.63, 3.8) is 0 Å². The SMILES string of the molecule is CC(=NOCc1c(Cl)cccc1-n1nnn(C)c1=O)c1cccc(C#N)c1. The topological polar surface area (TPSA) is 98.1 Å². The van der Waals surface area contributed by atoms with Crippen molar-refractivity contribution in [3.8, 4) is 11.8 Å². The summed E-state index contributed by atoms with van der Waals surface area (Å²) in [6, 6.07) is 14.2. The number of rotatable bonds is 5. The maximum atomic E-state index is 12.1. The first-order valence-corrected chi connectivity index (χ1v) is 8.33. The molecule has 0 spiro atoms. The maximum absolute atomic E-state index is 12.1. The first-order chi connectivity index (χ1) is 13.0. The van der Waals surface area contributed by atoms with Crippen LogP contribution in [0, 0.1) is 11.3 Å². The van der Waals surface area contributed by atoms with E-state index in [-0.39, 0.29) is 6.61 Å². The van der Waals surface area contributed by atoms with Gasteiger partial charge in [-0.2, -0.15) is 14.6 Å². The van der Waals surface area contributed by atoms with E-state index in [1.807, 2.05) is 6.07 Å². The van der Waals surface area contributed by atoms with Gasteiger partial charge in [0.2, 0.25) is 0 Å². The number of benzene rings is 2. The summed E-state index contributed by atoms with van der Waals surface area (Å²) in [6.07, 6.45) is 0. The van der Waals surface area contributed by atoms with Crippen LogP contribution in [0.1, 0.15) is 23.6 Å². The molecule has 8 nitrogen and oxygen atoms in total. The van der Waals surface area contributed by atoms with Crippen LogP contribution in [0.3, 0.4) is 0 Å². The van der Waals surface area contributed by atoms with Crippen molar-refractivity contribution in [2.24, 2.45) is 12.2 Å². The molecule has 0 atom stereocenters. The summed E-state index contributed by atoms with van der Waals surface area (Å²) in [5, 5.41) is 21.0. The van der Waals surface area contributed by atoms with Crippen molar-refractivity contribution in [2.45, 2.75) is 13.5 Å². The molecule has 2 aromatic carbocycles. The van der Waals surface area contributed by atoms with Crippen molar-refractivity contribution < 1.29 is 4.84 Å². The number of halogens is 1. The number of aryl methyl sites for hydroxylation is 1. The standard InChI is InChI=1S/C18H15ClN6O2/c1-12(14-6-3-5-13(9-14)10-20)21-27-11-15-16(19)7-4-8-17(15)25-18(26)24(2)22-23-25/h3-9H,11H2,1-2H3. The molecule has 3 aromatic rings.